The molecule has 0 saturated carbocycles. The van der Waals surface area contributed by atoms with Crippen molar-refractivity contribution in [3.8, 4) is 11.8 Å². The topological polar surface area (TPSA) is 41.0 Å². The van der Waals surface area contributed by atoms with Crippen LogP contribution in [0.5, 0.6) is 0 Å². The van der Waals surface area contributed by atoms with E-state index in [0.717, 1.165) is 49.2 Å². The lowest BCUT2D eigenvalue weighted by Crippen LogP contribution is -2.45. The van der Waals surface area contributed by atoms with Crippen molar-refractivity contribution in [3.63, 3.8) is 0 Å². The van der Waals surface area contributed by atoms with E-state index in [1.165, 1.54) is 18.0 Å². The zero-order chi connectivity index (χ0) is 20.6. The fourth-order valence-electron chi connectivity index (χ4n) is 3.71. The van der Waals surface area contributed by atoms with Crippen molar-refractivity contribution < 1.29 is 4.39 Å². The Morgan fingerprint density at radius 2 is 1.77 bits per heavy atom. The summed E-state index contributed by atoms with van der Waals surface area (Å²) in [5.74, 6) is 6.09. The van der Waals surface area contributed by atoms with E-state index in [2.05, 4.69) is 44.2 Å². The average Bonchev–Trinajstić information content (AvgIpc) is 2.79. The highest BCUT2D eigenvalue weighted by Gasteiger charge is 2.20. The van der Waals surface area contributed by atoms with Crippen molar-refractivity contribution in [1.82, 2.24) is 20.2 Å². The number of hydrogen-bond donors (Lipinski definition) is 1. The van der Waals surface area contributed by atoms with Crippen LogP contribution in [0.25, 0.3) is 0 Å². The minimum absolute atomic E-state index is 0.115. The number of hydrogen-bond acceptors (Lipinski definition) is 4. The van der Waals surface area contributed by atoms with Crippen molar-refractivity contribution in [2.75, 3.05) is 13.1 Å². The molecule has 0 unspecified atom stereocenters. The second-order valence-corrected chi connectivity index (χ2v) is 7.62. The van der Waals surface area contributed by atoms with Gasteiger partial charge in [-0.25, -0.2) is 14.4 Å². The summed E-state index contributed by atoms with van der Waals surface area (Å²) in [7, 11) is 0. The molecule has 5 heteroatoms. The van der Waals surface area contributed by atoms with E-state index in [-0.39, 0.29) is 5.82 Å². The van der Waals surface area contributed by atoms with E-state index in [0.29, 0.717) is 12.6 Å². The number of nitrogens with one attached hydrogen (secondary N) is 1. The molecule has 152 valence electrons. The number of rotatable bonds is 5. The molecule has 4 nitrogen and oxygen atoms in total. The summed E-state index contributed by atoms with van der Waals surface area (Å²) in [5, 5.41) is 3.66. The zero-order valence-electron chi connectivity index (χ0n) is 16.9. The third kappa shape index (κ3) is 5.73. The fraction of sp³-hybridized carbons (Fsp3) is 0.280. The van der Waals surface area contributed by atoms with Crippen molar-refractivity contribution >= 4 is 0 Å². The molecule has 4 rings (SSSR count). The SMILES string of the molecule is Fc1ccccc1CN1CCC[C@@H](NCc2ccc(C#Cc3cncnc3)cc2)C1. The van der Waals surface area contributed by atoms with Crippen LogP contribution in [0, 0.1) is 17.7 Å². The molecule has 1 aromatic heterocycles. The molecule has 1 aliphatic rings. The van der Waals surface area contributed by atoms with Crippen LogP contribution in [0.2, 0.25) is 0 Å². The number of piperidine rings is 1. The first-order valence-electron chi connectivity index (χ1n) is 10.3. The van der Waals surface area contributed by atoms with Gasteiger partial charge in [0, 0.05) is 49.2 Å². The number of likely N-dealkylation sites (tertiary alicyclic amines) is 1. The molecule has 2 heterocycles. The lowest BCUT2D eigenvalue weighted by molar-refractivity contribution is 0.181. The van der Waals surface area contributed by atoms with Gasteiger partial charge in [0.25, 0.3) is 0 Å². The maximum Gasteiger partial charge on any atom is 0.127 e. The number of aromatic nitrogens is 2. The maximum absolute atomic E-state index is 13.9. The first-order chi connectivity index (χ1) is 14.8. The highest BCUT2D eigenvalue weighted by atomic mass is 19.1. The Hall–Kier alpha value is -3.07. The third-order valence-corrected chi connectivity index (χ3v) is 5.32. The molecule has 2 aromatic carbocycles. The Labute approximate surface area is 177 Å². The predicted octanol–water partition coefficient (Wildman–Crippen LogP) is 3.77. The molecule has 30 heavy (non-hydrogen) atoms. The Morgan fingerprint density at radius 3 is 2.57 bits per heavy atom. The standard InChI is InChI=1S/C25H25FN4/c26-25-6-2-1-4-23(25)17-30-13-3-5-24(18-30)29-16-21-10-7-20(8-11-21)9-12-22-14-27-19-28-15-22/h1-2,4,6-8,10-11,14-15,19,24,29H,3,5,13,16-18H2/t24-/m1/s1. The van der Waals surface area contributed by atoms with E-state index in [9.17, 15) is 4.39 Å². The highest BCUT2D eigenvalue weighted by Crippen LogP contribution is 2.16. The van der Waals surface area contributed by atoms with Crippen molar-refractivity contribution in [2.24, 2.45) is 0 Å². The monoisotopic (exact) mass is 400 g/mol. The van der Waals surface area contributed by atoms with E-state index in [1.807, 2.05) is 24.3 Å². The normalized spacial score (nSPS) is 16.6. The van der Waals surface area contributed by atoms with Crippen molar-refractivity contribution in [3.05, 3.63) is 95.3 Å². The van der Waals surface area contributed by atoms with Gasteiger partial charge in [-0.2, -0.15) is 0 Å². The minimum Gasteiger partial charge on any atom is -0.309 e. The summed E-state index contributed by atoms with van der Waals surface area (Å²) in [6, 6.07) is 15.8. The largest absolute Gasteiger partial charge is 0.309 e. The first kappa shape index (κ1) is 20.2. The molecular formula is C25H25FN4. The molecule has 1 N–H and O–H groups in total. The van der Waals surface area contributed by atoms with Gasteiger partial charge in [0.2, 0.25) is 0 Å². The molecular weight excluding hydrogens is 375 g/mol. The summed E-state index contributed by atoms with van der Waals surface area (Å²) < 4.78 is 13.9. The van der Waals surface area contributed by atoms with Crippen LogP contribution in [0.15, 0.2) is 67.3 Å². The summed E-state index contributed by atoms with van der Waals surface area (Å²) in [6.45, 7) is 3.45. The minimum atomic E-state index is -0.115. The Morgan fingerprint density at radius 1 is 1.00 bits per heavy atom. The fourth-order valence-corrected chi connectivity index (χ4v) is 3.71. The molecule has 0 amide bonds. The molecule has 1 aliphatic heterocycles. The van der Waals surface area contributed by atoms with Gasteiger partial charge >= 0.3 is 0 Å². The molecule has 0 radical (unpaired) electrons. The molecule has 0 spiro atoms. The van der Waals surface area contributed by atoms with Gasteiger partial charge in [0.15, 0.2) is 0 Å². The summed E-state index contributed by atoms with van der Waals surface area (Å²) >= 11 is 0. The number of halogens is 1. The van der Waals surface area contributed by atoms with Crippen LogP contribution in [0.1, 0.15) is 35.1 Å². The van der Waals surface area contributed by atoms with Gasteiger partial charge in [-0.15, -0.1) is 0 Å². The van der Waals surface area contributed by atoms with Crippen molar-refractivity contribution in [1.29, 1.82) is 0 Å². The molecule has 3 aromatic rings. The van der Waals surface area contributed by atoms with Gasteiger partial charge < -0.3 is 5.32 Å². The summed E-state index contributed by atoms with van der Waals surface area (Å²) in [6.07, 6.45) is 7.19. The highest BCUT2D eigenvalue weighted by molar-refractivity contribution is 5.41. The van der Waals surface area contributed by atoms with Crippen LogP contribution in [0.4, 0.5) is 4.39 Å². The Balaban J connectivity index is 1.28. The van der Waals surface area contributed by atoms with E-state index in [1.54, 1.807) is 18.5 Å². The van der Waals surface area contributed by atoms with Crippen LogP contribution >= 0.6 is 0 Å². The lowest BCUT2D eigenvalue weighted by atomic mass is 10.0. The zero-order valence-corrected chi connectivity index (χ0v) is 16.9. The third-order valence-electron chi connectivity index (χ3n) is 5.32. The maximum atomic E-state index is 13.9. The van der Waals surface area contributed by atoms with Gasteiger partial charge in [0.1, 0.15) is 12.1 Å². The average molecular weight is 401 g/mol. The quantitative estimate of drug-likeness (QED) is 0.662. The predicted molar refractivity (Wildman–Crippen MR) is 116 cm³/mol. The van der Waals surface area contributed by atoms with Crippen LogP contribution in [-0.2, 0) is 13.1 Å². The summed E-state index contributed by atoms with van der Waals surface area (Å²) in [5.41, 5.74) is 3.78. The number of nitrogens with zero attached hydrogens (tertiary/aromatic N) is 3. The number of benzene rings is 2. The van der Waals surface area contributed by atoms with Gasteiger partial charge in [0.05, 0.1) is 5.56 Å². The smallest absolute Gasteiger partial charge is 0.127 e. The second-order valence-electron chi connectivity index (χ2n) is 7.62. The van der Waals surface area contributed by atoms with Crippen LogP contribution in [0.3, 0.4) is 0 Å². The second kappa shape index (κ2) is 10.1. The van der Waals surface area contributed by atoms with Crippen LogP contribution < -0.4 is 5.32 Å². The van der Waals surface area contributed by atoms with Gasteiger partial charge in [-0.05, 0) is 43.1 Å². The molecule has 1 saturated heterocycles. The molecule has 1 fully saturated rings. The molecule has 1 atom stereocenters. The van der Waals surface area contributed by atoms with Crippen molar-refractivity contribution in [2.45, 2.75) is 32.0 Å². The molecule has 0 bridgehead atoms. The first-order valence-corrected chi connectivity index (χ1v) is 10.3. The van der Waals surface area contributed by atoms with Gasteiger partial charge in [-0.3, -0.25) is 4.90 Å². The molecule has 0 aliphatic carbocycles. The lowest BCUT2D eigenvalue weighted by Gasteiger charge is -2.33. The van der Waals surface area contributed by atoms with E-state index < -0.39 is 0 Å². The van der Waals surface area contributed by atoms with Gasteiger partial charge in [-0.1, -0.05) is 42.2 Å². The summed E-state index contributed by atoms with van der Waals surface area (Å²) in [4.78, 5) is 10.3. The Kier molecular flexibility index (Phi) is 6.81. The Bertz CT molecular complexity index is 1010. The van der Waals surface area contributed by atoms with Crippen LogP contribution in [-0.4, -0.2) is 34.0 Å². The van der Waals surface area contributed by atoms with E-state index in [4.69, 9.17) is 0 Å². The van der Waals surface area contributed by atoms with E-state index >= 15 is 0 Å².